The van der Waals surface area contributed by atoms with E-state index in [1.165, 1.54) is 164 Å². The van der Waals surface area contributed by atoms with Crippen LogP contribution in [0.5, 0.6) is 0 Å². The molecule has 4 heteroatoms. The molecule has 4 heterocycles. The molecule has 0 atom stereocenters. The highest BCUT2D eigenvalue weighted by Gasteiger charge is 2.23. The van der Waals surface area contributed by atoms with Gasteiger partial charge in [0.2, 0.25) is 0 Å². The first-order valence-corrected chi connectivity index (χ1v) is 35.1. The van der Waals surface area contributed by atoms with Crippen molar-refractivity contribution in [2.24, 2.45) is 0 Å². The Labute approximate surface area is 590 Å². The van der Waals surface area contributed by atoms with Crippen LogP contribution in [0.25, 0.3) is 187 Å². The van der Waals surface area contributed by atoms with E-state index in [4.69, 9.17) is 0 Å². The fourth-order valence-corrected chi connectivity index (χ4v) is 16.2. The molecule has 0 aliphatic heterocycles. The van der Waals surface area contributed by atoms with E-state index in [1.807, 2.05) is 0 Å². The molecule has 4 aromatic heterocycles. The van der Waals surface area contributed by atoms with E-state index in [9.17, 15) is 0 Å². The summed E-state index contributed by atoms with van der Waals surface area (Å²) in [5.41, 5.74) is 26.5. The van der Waals surface area contributed by atoms with Crippen LogP contribution in [0.15, 0.2) is 388 Å². The van der Waals surface area contributed by atoms with E-state index in [2.05, 4.69) is 407 Å². The van der Waals surface area contributed by atoms with E-state index < -0.39 is 0 Å². The van der Waals surface area contributed by atoms with Crippen LogP contribution in [0.4, 0.5) is 0 Å². The molecular weight excluding hydrogens is 1230 g/mol. The molecule has 102 heavy (non-hydrogen) atoms. The Morgan fingerprint density at radius 3 is 0.618 bits per heavy atom. The fraction of sp³-hybridized carbons (Fsp3) is 0. The lowest BCUT2D eigenvalue weighted by Gasteiger charge is -2.11. The SMILES string of the molecule is c1ccc(-c2ccc(-n3c4ccccc4c4c5c6ccccc6n(-c6ccc(-c7ccc(-c8ccc9ccccc9c8)cc7)cc6)c5ccc43)cc2)cc1.c1ccc(-c2ccc(-n3c4ccccc4c4c5c6ccccc6n(-c6ccc(-c7ccc8ccccc8c7)cc6)c5ccc43)cc2)cc1. The molecule has 0 amide bonds. The lowest BCUT2D eigenvalue weighted by Crippen LogP contribution is -1.95. The molecule has 21 aromatic rings. The van der Waals surface area contributed by atoms with Crippen molar-refractivity contribution in [1.82, 2.24) is 18.3 Å². The molecule has 0 fully saturated rings. The second-order valence-electron chi connectivity index (χ2n) is 26.7. The highest BCUT2D eigenvalue weighted by Crippen LogP contribution is 2.46. The van der Waals surface area contributed by atoms with Gasteiger partial charge in [0, 0.05) is 65.8 Å². The summed E-state index contributed by atoms with van der Waals surface area (Å²) in [6.07, 6.45) is 0. The van der Waals surface area contributed by atoms with Crippen LogP contribution in [0.3, 0.4) is 0 Å². The van der Waals surface area contributed by atoms with Crippen LogP contribution in [0.1, 0.15) is 0 Å². The Morgan fingerprint density at radius 2 is 0.333 bits per heavy atom. The van der Waals surface area contributed by atoms with Gasteiger partial charge in [-0.2, -0.15) is 0 Å². The van der Waals surface area contributed by atoms with Crippen LogP contribution in [0.2, 0.25) is 0 Å². The van der Waals surface area contributed by atoms with Gasteiger partial charge in [-0.15, -0.1) is 0 Å². The van der Waals surface area contributed by atoms with Crippen molar-refractivity contribution in [3.8, 4) is 78.4 Å². The van der Waals surface area contributed by atoms with Crippen molar-refractivity contribution in [3.63, 3.8) is 0 Å². The van der Waals surface area contributed by atoms with E-state index in [1.54, 1.807) is 0 Å². The molecule has 476 valence electrons. The molecule has 0 unspecified atom stereocenters. The van der Waals surface area contributed by atoms with Crippen molar-refractivity contribution in [3.05, 3.63) is 388 Å². The Hall–Kier alpha value is -13.5. The van der Waals surface area contributed by atoms with Crippen molar-refractivity contribution < 1.29 is 0 Å². The summed E-state index contributed by atoms with van der Waals surface area (Å²) in [4.78, 5) is 0. The van der Waals surface area contributed by atoms with Gasteiger partial charge in [0.25, 0.3) is 0 Å². The Morgan fingerprint density at radius 1 is 0.127 bits per heavy atom. The summed E-state index contributed by atoms with van der Waals surface area (Å²) in [6, 6.07) is 141. The van der Waals surface area contributed by atoms with Crippen molar-refractivity contribution in [2.75, 3.05) is 0 Å². The largest absolute Gasteiger partial charge is 0.309 e. The number of nitrogens with zero attached hydrogens (tertiary/aromatic N) is 4. The van der Waals surface area contributed by atoms with Crippen LogP contribution in [-0.2, 0) is 0 Å². The molecule has 0 aliphatic rings. The maximum Gasteiger partial charge on any atom is 0.0548 e. The monoisotopic (exact) mass is 1300 g/mol. The zero-order chi connectivity index (χ0) is 67.2. The number of para-hydroxylation sites is 4. The smallest absolute Gasteiger partial charge is 0.0548 e. The van der Waals surface area contributed by atoms with Gasteiger partial charge >= 0.3 is 0 Å². The minimum absolute atomic E-state index is 1.15. The molecular formula is C98H64N4. The van der Waals surface area contributed by atoms with E-state index >= 15 is 0 Å². The lowest BCUT2D eigenvalue weighted by molar-refractivity contribution is 1.17. The maximum atomic E-state index is 2.43. The third-order valence-electron chi connectivity index (χ3n) is 21.0. The molecule has 21 rings (SSSR count). The first-order valence-electron chi connectivity index (χ1n) is 35.1. The zero-order valence-electron chi connectivity index (χ0n) is 55.7. The molecule has 0 aliphatic carbocycles. The van der Waals surface area contributed by atoms with Crippen molar-refractivity contribution in [1.29, 1.82) is 0 Å². The molecule has 0 spiro atoms. The van der Waals surface area contributed by atoms with Gasteiger partial charge in [0.1, 0.15) is 0 Å². The normalized spacial score (nSPS) is 11.7. The van der Waals surface area contributed by atoms with Crippen LogP contribution >= 0.6 is 0 Å². The van der Waals surface area contributed by atoms with Crippen LogP contribution < -0.4 is 0 Å². The first kappa shape index (κ1) is 58.6. The van der Waals surface area contributed by atoms with Gasteiger partial charge in [-0.3, -0.25) is 0 Å². The third-order valence-corrected chi connectivity index (χ3v) is 21.0. The lowest BCUT2D eigenvalue weighted by atomic mass is 9.98. The Kier molecular flexibility index (Phi) is 13.9. The van der Waals surface area contributed by atoms with Gasteiger partial charge in [0.15, 0.2) is 0 Å². The average Bonchev–Trinajstić information content (AvgIpc) is 1.55. The second-order valence-corrected chi connectivity index (χ2v) is 26.7. The van der Waals surface area contributed by atoms with Crippen molar-refractivity contribution >= 4 is 109 Å². The maximum absolute atomic E-state index is 2.43. The number of fused-ring (bicyclic) bond motifs is 16. The predicted molar refractivity (Wildman–Crippen MR) is 432 cm³/mol. The molecule has 0 saturated heterocycles. The highest BCUT2D eigenvalue weighted by molar-refractivity contribution is 6.30. The highest BCUT2D eigenvalue weighted by atomic mass is 15.0. The summed E-state index contributed by atoms with van der Waals surface area (Å²) in [7, 11) is 0. The quantitative estimate of drug-likeness (QED) is 0.137. The minimum Gasteiger partial charge on any atom is -0.309 e. The number of rotatable bonds is 9. The molecule has 0 N–H and O–H groups in total. The van der Waals surface area contributed by atoms with Gasteiger partial charge in [-0.25, -0.2) is 0 Å². The zero-order valence-corrected chi connectivity index (χ0v) is 55.7. The first-order chi connectivity index (χ1) is 50.6. The molecule has 17 aromatic carbocycles. The van der Waals surface area contributed by atoms with E-state index in [-0.39, 0.29) is 0 Å². The number of hydrogen-bond donors (Lipinski definition) is 0. The molecule has 0 bridgehead atoms. The summed E-state index contributed by atoms with van der Waals surface area (Å²) in [5, 5.41) is 15.2. The number of aromatic nitrogens is 4. The average molecular weight is 1300 g/mol. The fourth-order valence-electron chi connectivity index (χ4n) is 16.2. The summed E-state index contributed by atoms with van der Waals surface area (Å²) >= 11 is 0. The molecule has 4 nitrogen and oxygen atoms in total. The third kappa shape index (κ3) is 9.75. The topological polar surface area (TPSA) is 19.7 Å². The minimum atomic E-state index is 1.15. The Balaban J connectivity index is 0.000000138. The number of benzene rings is 17. The number of hydrogen-bond acceptors (Lipinski definition) is 0. The van der Waals surface area contributed by atoms with Gasteiger partial charge in [-0.05, 0) is 186 Å². The predicted octanol–water partition coefficient (Wildman–Crippen LogP) is 26.4. The molecule has 0 saturated carbocycles. The van der Waals surface area contributed by atoms with Crippen LogP contribution in [-0.4, -0.2) is 18.3 Å². The Bertz CT molecular complexity index is 6790. The summed E-state index contributed by atoms with van der Waals surface area (Å²) in [5.74, 6) is 0. The van der Waals surface area contributed by atoms with Gasteiger partial charge in [0.05, 0.1) is 44.1 Å². The van der Waals surface area contributed by atoms with Crippen LogP contribution in [0, 0.1) is 0 Å². The summed E-state index contributed by atoms with van der Waals surface area (Å²) < 4.78 is 9.70. The van der Waals surface area contributed by atoms with Gasteiger partial charge in [-0.1, -0.05) is 279 Å². The van der Waals surface area contributed by atoms with Crippen molar-refractivity contribution in [2.45, 2.75) is 0 Å². The van der Waals surface area contributed by atoms with E-state index in [0.717, 1.165) is 22.7 Å². The molecule has 0 radical (unpaired) electrons. The summed E-state index contributed by atoms with van der Waals surface area (Å²) in [6.45, 7) is 0. The second kappa shape index (κ2) is 24.2. The van der Waals surface area contributed by atoms with Gasteiger partial charge < -0.3 is 18.3 Å². The van der Waals surface area contributed by atoms with E-state index in [0.29, 0.717) is 0 Å². The standard InChI is InChI=1S/C52H34N2.C46H30N2/c1-2-10-35(11-3-1)38-24-28-43(29-25-38)53-47-16-8-6-14-45(47)51-49(53)32-33-50-52(51)46-15-7-9-17-48(46)54(50)44-30-26-39(27-31-44)37-18-20-40(21-19-37)42-23-22-36-12-4-5-13-41(36)34-42;1-2-10-31(11-3-1)33-20-24-37(25-21-33)47-41-16-8-6-14-39(41)45-43(47)28-29-44-46(45)40-15-7-9-17-42(40)48(44)38-26-22-34(23-27-38)36-19-18-32-12-4-5-13-35(32)30-36/h1-34H;1-30H.